The van der Waals surface area contributed by atoms with Gasteiger partial charge < -0.3 is 24.1 Å². The Morgan fingerprint density at radius 3 is 2.59 bits per heavy atom. The average molecular weight is 444 g/mol. The van der Waals surface area contributed by atoms with Gasteiger partial charge in [0, 0.05) is 12.9 Å². The predicted octanol–water partition coefficient (Wildman–Crippen LogP) is 2.98. The number of rotatable bonds is 13. The number of hydrogen-bond donors (Lipinski definition) is 1. The van der Waals surface area contributed by atoms with Crippen molar-refractivity contribution in [1.82, 2.24) is 0 Å². The SMILES string of the molecule is CCSC(=O)[C@@]1(C)CSC(c2cccc(OCCOCCOCCOC)c2O)=N1. The van der Waals surface area contributed by atoms with Crippen LogP contribution in [-0.4, -0.2) is 79.1 Å². The van der Waals surface area contributed by atoms with Crippen molar-refractivity contribution in [1.29, 1.82) is 0 Å². The minimum Gasteiger partial charge on any atom is -0.504 e. The molecule has 0 saturated carbocycles. The van der Waals surface area contributed by atoms with E-state index in [4.69, 9.17) is 18.9 Å². The Balaban J connectivity index is 1.86. The van der Waals surface area contributed by atoms with E-state index in [1.807, 2.05) is 13.8 Å². The van der Waals surface area contributed by atoms with Crippen molar-refractivity contribution in [2.45, 2.75) is 19.4 Å². The Labute approximate surface area is 180 Å². The molecule has 162 valence electrons. The lowest BCUT2D eigenvalue weighted by Gasteiger charge is -2.16. The van der Waals surface area contributed by atoms with E-state index in [-0.39, 0.29) is 10.9 Å². The molecule has 0 saturated heterocycles. The van der Waals surface area contributed by atoms with Crippen LogP contribution in [0.1, 0.15) is 19.4 Å². The fraction of sp³-hybridized carbons (Fsp3) is 0.600. The summed E-state index contributed by atoms with van der Waals surface area (Å²) < 4.78 is 21.3. The zero-order valence-electron chi connectivity index (χ0n) is 17.1. The number of nitrogens with zero attached hydrogens (tertiary/aromatic N) is 1. The molecule has 0 bridgehead atoms. The molecule has 1 heterocycles. The van der Waals surface area contributed by atoms with Gasteiger partial charge in [0.2, 0.25) is 5.12 Å². The average Bonchev–Trinajstić information content (AvgIpc) is 3.11. The number of methoxy groups -OCH3 is 1. The van der Waals surface area contributed by atoms with E-state index in [1.165, 1.54) is 23.5 Å². The van der Waals surface area contributed by atoms with E-state index in [9.17, 15) is 9.90 Å². The number of thioether (sulfide) groups is 2. The van der Waals surface area contributed by atoms with Crippen LogP contribution in [0, 0.1) is 0 Å². The van der Waals surface area contributed by atoms with Crippen molar-refractivity contribution in [3.8, 4) is 11.5 Å². The van der Waals surface area contributed by atoms with Crippen LogP contribution in [0.2, 0.25) is 0 Å². The van der Waals surface area contributed by atoms with Crippen LogP contribution in [0.25, 0.3) is 0 Å². The first kappa shape index (κ1) is 24.0. The second kappa shape index (κ2) is 12.4. The molecule has 9 heteroatoms. The maximum atomic E-state index is 12.3. The molecule has 1 aliphatic heterocycles. The summed E-state index contributed by atoms with van der Waals surface area (Å²) >= 11 is 2.75. The highest BCUT2D eigenvalue weighted by molar-refractivity contribution is 8.16. The van der Waals surface area contributed by atoms with Gasteiger partial charge in [0.05, 0.1) is 38.6 Å². The highest BCUT2D eigenvalue weighted by Crippen LogP contribution is 2.39. The van der Waals surface area contributed by atoms with Crippen molar-refractivity contribution in [3.63, 3.8) is 0 Å². The molecule has 29 heavy (non-hydrogen) atoms. The van der Waals surface area contributed by atoms with Gasteiger partial charge in [-0.05, 0) is 24.8 Å². The molecule has 1 aliphatic rings. The Morgan fingerprint density at radius 2 is 1.90 bits per heavy atom. The highest BCUT2D eigenvalue weighted by Gasteiger charge is 2.38. The molecule has 1 N–H and O–H groups in total. The summed E-state index contributed by atoms with van der Waals surface area (Å²) in [6.45, 7) is 6.54. The number of aromatic hydroxyl groups is 1. The van der Waals surface area contributed by atoms with Gasteiger partial charge in [-0.3, -0.25) is 9.79 Å². The largest absolute Gasteiger partial charge is 0.504 e. The van der Waals surface area contributed by atoms with E-state index in [0.717, 1.165) is 5.75 Å². The van der Waals surface area contributed by atoms with Crippen molar-refractivity contribution in [2.75, 3.05) is 58.3 Å². The Morgan fingerprint density at radius 1 is 1.21 bits per heavy atom. The minimum absolute atomic E-state index is 0.0292. The number of benzene rings is 1. The molecule has 0 fully saturated rings. The molecule has 0 aliphatic carbocycles. The third-order valence-corrected chi connectivity index (χ3v) is 6.35. The number of hydrogen-bond acceptors (Lipinski definition) is 9. The normalized spacial score (nSPS) is 18.7. The lowest BCUT2D eigenvalue weighted by Crippen LogP contribution is -2.31. The van der Waals surface area contributed by atoms with Gasteiger partial charge in [-0.1, -0.05) is 24.8 Å². The van der Waals surface area contributed by atoms with Crippen molar-refractivity contribution >= 4 is 33.7 Å². The first-order valence-electron chi connectivity index (χ1n) is 9.51. The number of carbonyl (C=O) groups is 1. The number of phenolic OH excluding ortho intramolecular Hbond substituents is 1. The molecule has 0 spiro atoms. The molecule has 1 atom stereocenters. The molecule has 0 amide bonds. The quantitative estimate of drug-likeness (QED) is 0.466. The van der Waals surface area contributed by atoms with E-state index < -0.39 is 5.54 Å². The van der Waals surface area contributed by atoms with E-state index in [0.29, 0.717) is 61.8 Å². The Hall–Kier alpha value is -1.26. The van der Waals surface area contributed by atoms with Gasteiger partial charge in [-0.25, -0.2) is 0 Å². The van der Waals surface area contributed by atoms with Gasteiger partial charge in [0.1, 0.15) is 17.2 Å². The van der Waals surface area contributed by atoms with Crippen molar-refractivity contribution in [3.05, 3.63) is 23.8 Å². The first-order chi connectivity index (χ1) is 14.0. The molecule has 1 aromatic carbocycles. The fourth-order valence-corrected chi connectivity index (χ4v) is 4.49. The van der Waals surface area contributed by atoms with E-state index >= 15 is 0 Å². The summed E-state index contributed by atoms with van der Waals surface area (Å²) in [5.74, 6) is 1.69. The summed E-state index contributed by atoms with van der Waals surface area (Å²) in [7, 11) is 1.63. The predicted molar refractivity (Wildman–Crippen MR) is 118 cm³/mol. The number of para-hydroxylation sites is 1. The minimum atomic E-state index is -0.761. The Kier molecular flexibility index (Phi) is 10.3. The summed E-state index contributed by atoms with van der Waals surface area (Å²) in [6, 6.07) is 5.28. The number of aliphatic imine (C=N–C) groups is 1. The lowest BCUT2D eigenvalue weighted by atomic mass is 10.1. The third kappa shape index (κ3) is 7.18. The second-order valence-electron chi connectivity index (χ2n) is 6.42. The molecular weight excluding hydrogens is 414 g/mol. The molecule has 0 unspecified atom stereocenters. The summed E-state index contributed by atoms with van der Waals surface area (Å²) in [6.07, 6.45) is 0. The lowest BCUT2D eigenvalue weighted by molar-refractivity contribution is -0.114. The summed E-state index contributed by atoms with van der Waals surface area (Å²) in [5.41, 5.74) is -0.179. The maximum absolute atomic E-state index is 12.3. The Bertz CT molecular complexity index is 700. The number of ether oxygens (including phenoxy) is 4. The van der Waals surface area contributed by atoms with Gasteiger partial charge in [-0.15, -0.1) is 11.8 Å². The molecular formula is C20H29NO6S2. The number of carbonyl (C=O) groups excluding carboxylic acids is 1. The third-order valence-electron chi connectivity index (χ3n) is 4.07. The van der Waals surface area contributed by atoms with Crippen LogP contribution in [0.4, 0.5) is 0 Å². The van der Waals surface area contributed by atoms with Crippen LogP contribution in [0.5, 0.6) is 11.5 Å². The molecule has 0 radical (unpaired) electrons. The molecule has 1 aromatic rings. The molecule has 7 nitrogen and oxygen atoms in total. The van der Waals surface area contributed by atoms with Crippen LogP contribution in [-0.2, 0) is 19.0 Å². The molecule has 0 aromatic heterocycles. The van der Waals surface area contributed by atoms with Crippen LogP contribution >= 0.6 is 23.5 Å². The number of phenols is 1. The van der Waals surface area contributed by atoms with E-state index in [2.05, 4.69) is 4.99 Å². The van der Waals surface area contributed by atoms with Crippen LogP contribution in [0.15, 0.2) is 23.2 Å². The zero-order chi connectivity index (χ0) is 21.1. The van der Waals surface area contributed by atoms with Gasteiger partial charge in [0.25, 0.3) is 0 Å². The molecule has 2 rings (SSSR count). The summed E-state index contributed by atoms with van der Waals surface area (Å²) in [5, 5.41) is 11.3. The van der Waals surface area contributed by atoms with Gasteiger partial charge in [0.15, 0.2) is 11.5 Å². The van der Waals surface area contributed by atoms with E-state index in [1.54, 1.807) is 25.3 Å². The van der Waals surface area contributed by atoms with Gasteiger partial charge >= 0.3 is 0 Å². The van der Waals surface area contributed by atoms with Crippen molar-refractivity contribution < 1.29 is 28.8 Å². The monoisotopic (exact) mass is 443 g/mol. The smallest absolute Gasteiger partial charge is 0.217 e. The fourth-order valence-electron chi connectivity index (χ4n) is 2.51. The summed E-state index contributed by atoms with van der Waals surface area (Å²) in [4.78, 5) is 16.9. The standard InChI is InChI=1S/C20H29NO6S2/c1-4-28-19(23)20(2)14-29-18(21-20)15-6-5-7-16(17(15)22)27-13-12-26-11-10-25-9-8-24-3/h5-7,22H,4,8-14H2,1-3H3/t20-/m1/s1. The highest BCUT2D eigenvalue weighted by atomic mass is 32.2. The van der Waals surface area contributed by atoms with Gasteiger partial charge in [-0.2, -0.15) is 0 Å². The zero-order valence-corrected chi connectivity index (χ0v) is 18.8. The van der Waals surface area contributed by atoms with Crippen LogP contribution < -0.4 is 4.74 Å². The topological polar surface area (TPSA) is 86.6 Å². The van der Waals surface area contributed by atoms with Crippen molar-refractivity contribution in [2.24, 2.45) is 4.99 Å². The van der Waals surface area contributed by atoms with Crippen LogP contribution in [0.3, 0.4) is 0 Å². The second-order valence-corrected chi connectivity index (χ2v) is 8.62. The maximum Gasteiger partial charge on any atom is 0.217 e. The first-order valence-corrected chi connectivity index (χ1v) is 11.5.